The predicted molar refractivity (Wildman–Crippen MR) is 138 cm³/mol. The minimum absolute atomic E-state index is 0.00739. The van der Waals surface area contributed by atoms with E-state index in [1.165, 1.54) is 25.3 Å². The number of ketones is 1. The van der Waals surface area contributed by atoms with Gasteiger partial charge in [-0.3, -0.25) is 29.3 Å². The first-order valence-electron chi connectivity index (χ1n) is 11.5. The van der Waals surface area contributed by atoms with Crippen molar-refractivity contribution < 1.29 is 33.6 Å². The molecule has 3 aromatic carbocycles. The lowest BCUT2D eigenvalue weighted by Gasteiger charge is -2.10. The summed E-state index contributed by atoms with van der Waals surface area (Å²) in [4.78, 5) is 59.6. The first-order chi connectivity index (χ1) is 18.2. The Hall–Kier alpha value is -5.06. The molecule has 38 heavy (non-hydrogen) atoms. The summed E-state index contributed by atoms with van der Waals surface area (Å²) in [5.74, 6) is -2.27. The number of ether oxygens (including phenoxy) is 2. The van der Waals surface area contributed by atoms with Crippen LogP contribution in [-0.2, 0) is 14.3 Å². The molecule has 3 aromatic rings. The van der Waals surface area contributed by atoms with E-state index in [0.29, 0.717) is 16.9 Å². The Labute approximate surface area is 217 Å². The van der Waals surface area contributed by atoms with E-state index in [0.717, 1.165) is 11.6 Å². The number of benzene rings is 3. The van der Waals surface area contributed by atoms with Crippen LogP contribution in [0.4, 0.5) is 17.1 Å². The third-order valence-corrected chi connectivity index (χ3v) is 5.42. The van der Waals surface area contributed by atoms with E-state index in [2.05, 4.69) is 10.6 Å². The number of rotatable bonds is 11. The molecule has 11 nitrogen and oxygen atoms in total. The molecule has 0 atom stereocenters. The van der Waals surface area contributed by atoms with Crippen molar-refractivity contribution in [2.24, 2.45) is 0 Å². The van der Waals surface area contributed by atoms with Crippen LogP contribution in [0.5, 0.6) is 5.75 Å². The van der Waals surface area contributed by atoms with Gasteiger partial charge in [-0.05, 0) is 48.9 Å². The molecule has 0 aliphatic heterocycles. The minimum Gasteiger partial charge on any atom is -0.490 e. The van der Waals surface area contributed by atoms with Crippen molar-refractivity contribution in [2.45, 2.75) is 19.8 Å². The van der Waals surface area contributed by atoms with Gasteiger partial charge in [-0.25, -0.2) is 0 Å². The molecular formula is C27H25N3O8. The van der Waals surface area contributed by atoms with Crippen LogP contribution in [0.15, 0.2) is 66.7 Å². The Morgan fingerprint density at radius 3 is 2.37 bits per heavy atom. The van der Waals surface area contributed by atoms with Crippen molar-refractivity contribution in [3.8, 4) is 5.75 Å². The number of nitrogens with zero attached hydrogens (tertiary/aromatic N) is 1. The van der Waals surface area contributed by atoms with E-state index in [1.807, 2.05) is 25.1 Å². The number of hydrogen-bond donors (Lipinski definition) is 2. The van der Waals surface area contributed by atoms with Crippen LogP contribution < -0.4 is 15.4 Å². The van der Waals surface area contributed by atoms with E-state index in [-0.39, 0.29) is 30.1 Å². The number of aryl methyl sites for hydroxylation is 1. The third kappa shape index (κ3) is 7.47. The Kier molecular flexibility index (Phi) is 9.25. The van der Waals surface area contributed by atoms with E-state index < -0.39 is 34.9 Å². The van der Waals surface area contributed by atoms with Crippen LogP contribution in [0.3, 0.4) is 0 Å². The molecule has 3 rings (SSSR count). The first kappa shape index (κ1) is 27.5. The van der Waals surface area contributed by atoms with E-state index in [4.69, 9.17) is 9.47 Å². The fourth-order valence-electron chi connectivity index (χ4n) is 3.39. The van der Waals surface area contributed by atoms with Crippen molar-refractivity contribution in [2.75, 3.05) is 24.4 Å². The number of methoxy groups -OCH3 is 1. The highest BCUT2D eigenvalue weighted by atomic mass is 16.6. The SMILES string of the molecule is COc1ccc(C(=O)COC(=O)CCC(=O)Nc2cccc(C(=O)Nc3ccccc3C)c2)cc1[N+](=O)[O-]. The number of esters is 1. The van der Waals surface area contributed by atoms with Gasteiger partial charge in [0.05, 0.1) is 18.5 Å². The average Bonchev–Trinajstić information content (AvgIpc) is 2.91. The molecule has 11 heteroatoms. The smallest absolute Gasteiger partial charge is 0.311 e. The van der Waals surface area contributed by atoms with Gasteiger partial charge in [0, 0.05) is 35.0 Å². The number of nitrogens with one attached hydrogen (secondary N) is 2. The fourth-order valence-corrected chi connectivity index (χ4v) is 3.39. The molecule has 196 valence electrons. The highest BCUT2D eigenvalue weighted by Gasteiger charge is 2.19. The molecule has 0 aliphatic carbocycles. The largest absolute Gasteiger partial charge is 0.490 e. The number of anilines is 2. The lowest BCUT2D eigenvalue weighted by molar-refractivity contribution is -0.385. The highest BCUT2D eigenvalue weighted by molar-refractivity contribution is 6.05. The van der Waals surface area contributed by atoms with Crippen molar-refractivity contribution in [3.05, 3.63) is 93.5 Å². The van der Waals surface area contributed by atoms with Gasteiger partial charge >= 0.3 is 11.7 Å². The quantitative estimate of drug-likeness (QED) is 0.164. The summed E-state index contributed by atoms with van der Waals surface area (Å²) in [6, 6.07) is 17.3. The maximum Gasteiger partial charge on any atom is 0.311 e. The molecule has 0 spiro atoms. The van der Waals surface area contributed by atoms with Crippen molar-refractivity contribution in [1.82, 2.24) is 0 Å². The molecule has 0 aliphatic rings. The molecule has 0 saturated heterocycles. The van der Waals surface area contributed by atoms with Gasteiger partial charge < -0.3 is 20.1 Å². The number of nitro groups is 1. The Morgan fingerprint density at radius 1 is 0.895 bits per heavy atom. The summed E-state index contributed by atoms with van der Waals surface area (Å²) in [6.45, 7) is 1.24. The summed E-state index contributed by atoms with van der Waals surface area (Å²) >= 11 is 0. The maximum atomic E-state index is 12.6. The maximum absolute atomic E-state index is 12.6. The Bertz CT molecular complexity index is 1390. The second-order valence-electron chi connectivity index (χ2n) is 8.13. The summed E-state index contributed by atoms with van der Waals surface area (Å²) in [5, 5.41) is 16.5. The van der Waals surface area contributed by atoms with Crippen molar-refractivity contribution in [3.63, 3.8) is 0 Å². The minimum atomic E-state index is -0.789. The number of carbonyl (C=O) groups excluding carboxylic acids is 4. The normalized spacial score (nSPS) is 10.3. The van der Waals surface area contributed by atoms with Gasteiger partial charge in [0.1, 0.15) is 0 Å². The van der Waals surface area contributed by atoms with Gasteiger partial charge in [0.2, 0.25) is 11.7 Å². The van der Waals surface area contributed by atoms with Crippen LogP contribution >= 0.6 is 0 Å². The predicted octanol–water partition coefficient (Wildman–Crippen LogP) is 4.31. The average molecular weight is 520 g/mol. The third-order valence-electron chi connectivity index (χ3n) is 5.42. The molecule has 0 radical (unpaired) electrons. The topological polar surface area (TPSA) is 154 Å². The number of carbonyl (C=O) groups is 4. The number of para-hydroxylation sites is 1. The second-order valence-corrected chi connectivity index (χ2v) is 8.13. The van der Waals surface area contributed by atoms with E-state index >= 15 is 0 Å². The van der Waals surface area contributed by atoms with Crippen LogP contribution in [0.25, 0.3) is 0 Å². The zero-order valence-electron chi connectivity index (χ0n) is 20.7. The lowest BCUT2D eigenvalue weighted by Crippen LogP contribution is -2.18. The standard InChI is InChI=1S/C27H25N3O8/c1-17-6-3-4-9-21(17)29-27(34)19-7-5-8-20(14-19)28-25(32)12-13-26(33)38-16-23(31)18-10-11-24(37-2)22(15-18)30(35)36/h3-11,14-15H,12-13,16H2,1-2H3,(H,28,32)(H,29,34). The van der Waals surface area contributed by atoms with Gasteiger partial charge in [-0.1, -0.05) is 24.3 Å². The number of nitro benzene ring substituents is 1. The summed E-state index contributed by atoms with van der Waals surface area (Å²) in [7, 11) is 1.27. The number of Topliss-reactive ketones (excluding diaryl/α,β-unsaturated/α-hetero) is 1. The number of hydrogen-bond acceptors (Lipinski definition) is 8. The number of amides is 2. The van der Waals surface area contributed by atoms with Crippen LogP contribution in [0.2, 0.25) is 0 Å². The van der Waals surface area contributed by atoms with E-state index in [9.17, 15) is 29.3 Å². The molecule has 2 N–H and O–H groups in total. The summed E-state index contributed by atoms with van der Waals surface area (Å²) in [6.07, 6.45) is -0.518. The zero-order valence-corrected chi connectivity index (χ0v) is 20.7. The van der Waals surface area contributed by atoms with E-state index in [1.54, 1.807) is 24.3 Å². The molecule has 0 fully saturated rings. The molecule has 2 amide bonds. The van der Waals surface area contributed by atoms with Crippen LogP contribution in [-0.4, -0.2) is 42.2 Å². The molecule has 0 unspecified atom stereocenters. The second kappa shape index (κ2) is 12.8. The highest BCUT2D eigenvalue weighted by Crippen LogP contribution is 2.27. The first-order valence-corrected chi connectivity index (χ1v) is 11.5. The van der Waals surface area contributed by atoms with Gasteiger partial charge in [-0.2, -0.15) is 0 Å². The van der Waals surface area contributed by atoms with Gasteiger partial charge in [0.25, 0.3) is 5.91 Å². The van der Waals surface area contributed by atoms with Gasteiger partial charge in [-0.15, -0.1) is 0 Å². The van der Waals surface area contributed by atoms with Gasteiger partial charge in [0.15, 0.2) is 12.4 Å². The lowest BCUT2D eigenvalue weighted by atomic mass is 10.1. The Morgan fingerprint density at radius 2 is 1.66 bits per heavy atom. The molecule has 0 aromatic heterocycles. The van der Waals surface area contributed by atoms with Crippen molar-refractivity contribution in [1.29, 1.82) is 0 Å². The van der Waals surface area contributed by atoms with Crippen molar-refractivity contribution >= 4 is 40.6 Å². The summed E-state index contributed by atoms with van der Waals surface area (Å²) in [5.41, 5.74) is 1.88. The molecular weight excluding hydrogens is 494 g/mol. The molecule has 0 heterocycles. The zero-order chi connectivity index (χ0) is 27.7. The summed E-state index contributed by atoms with van der Waals surface area (Å²) < 4.78 is 9.80. The fraction of sp³-hybridized carbons (Fsp3) is 0.185. The van der Waals surface area contributed by atoms with Crippen LogP contribution in [0, 0.1) is 17.0 Å². The monoisotopic (exact) mass is 519 g/mol. The van der Waals surface area contributed by atoms with Crippen LogP contribution in [0.1, 0.15) is 39.1 Å². The molecule has 0 saturated carbocycles. The Balaban J connectivity index is 1.48. The molecule has 0 bridgehead atoms.